The molecule has 0 amide bonds. The van der Waals surface area contributed by atoms with Crippen molar-refractivity contribution in [2.24, 2.45) is 0 Å². The predicted molar refractivity (Wildman–Crippen MR) is 135 cm³/mol. The highest BCUT2D eigenvalue weighted by molar-refractivity contribution is 5.96. The van der Waals surface area contributed by atoms with Crippen LogP contribution in [-0.4, -0.2) is 42.0 Å². The molecule has 0 bridgehead atoms. The highest BCUT2D eigenvalue weighted by Crippen LogP contribution is 2.28. The van der Waals surface area contributed by atoms with Crippen molar-refractivity contribution in [1.29, 1.82) is 0 Å². The van der Waals surface area contributed by atoms with E-state index in [0.717, 1.165) is 12.3 Å². The first-order chi connectivity index (χ1) is 16.1. The first-order valence-electron chi connectivity index (χ1n) is 12.9. The second-order valence-electron chi connectivity index (χ2n) is 9.44. The maximum Gasteiger partial charge on any atom is 0.163 e. The van der Waals surface area contributed by atoms with Gasteiger partial charge in [-0.25, -0.2) is 0 Å². The van der Waals surface area contributed by atoms with Gasteiger partial charge in [0.05, 0.1) is 12.2 Å². The Morgan fingerprint density at radius 1 is 0.909 bits per heavy atom. The lowest BCUT2D eigenvalue weighted by molar-refractivity contribution is 0.101. The molecule has 0 spiro atoms. The molecule has 4 nitrogen and oxygen atoms in total. The van der Waals surface area contributed by atoms with Gasteiger partial charge in [-0.2, -0.15) is 0 Å². The van der Waals surface area contributed by atoms with Crippen LogP contribution in [0.2, 0.25) is 0 Å². The van der Waals surface area contributed by atoms with E-state index in [-0.39, 0.29) is 11.5 Å². The SMILES string of the molecule is CC(=O)c1ccc(OCCCCCCCCCCN2CCC(c3ccccc3)CC2)cc1O. The largest absolute Gasteiger partial charge is 0.507 e. The van der Waals surface area contributed by atoms with Crippen molar-refractivity contribution < 1.29 is 14.6 Å². The van der Waals surface area contributed by atoms with Crippen LogP contribution in [0.5, 0.6) is 11.5 Å². The van der Waals surface area contributed by atoms with Gasteiger partial charge in [0.25, 0.3) is 0 Å². The summed E-state index contributed by atoms with van der Waals surface area (Å²) in [5, 5.41) is 9.85. The summed E-state index contributed by atoms with van der Waals surface area (Å²) in [5.41, 5.74) is 1.86. The fourth-order valence-corrected chi connectivity index (χ4v) is 4.80. The minimum atomic E-state index is -0.137. The molecule has 1 aliphatic rings. The maximum atomic E-state index is 11.3. The van der Waals surface area contributed by atoms with Gasteiger partial charge in [-0.3, -0.25) is 4.79 Å². The molecule has 33 heavy (non-hydrogen) atoms. The molecule has 4 heteroatoms. The fraction of sp³-hybridized carbons (Fsp3) is 0.552. The van der Waals surface area contributed by atoms with Crippen LogP contribution in [0.4, 0.5) is 0 Å². The number of phenolic OH excluding ortho intramolecular Hbond substituents is 1. The van der Waals surface area contributed by atoms with Crippen molar-refractivity contribution in [3.05, 3.63) is 59.7 Å². The molecular weight excluding hydrogens is 410 g/mol. The maximum absolute atomic E-state index is 11.3. The smallest absolute Gasteiger partial charge is 0.163 e. The zero-order valence-electron chi connectivity index (χ0n) is 20.3. The van der Waals surface area contributed by atoms with Gasteiger partial charge in [-0.1, -0.05) is 68.9 Å². The van der Waals surface area contributed by atoms with Gasteiger partial charge in [0.15, 0.2) is 5.78 Å². The lowest BCUT2D eigenvalue weighted by atomic mass is 9.89. The number of piperidine rings is 1. The zero-order chi connectivity index (χ0) is 23.3. The fourth-order valence-electron chi connectivity index (χ4n) is 4.80. The molecule has 1 fully saturated rings. The van der Waals surface area contributed by atoms with Gasteiger partial charge in [0.1, 0.15) is 11.5 Å². The number of hydrogen-bond acceptors (Lipinski definition) is 4. The molecule has 3 rings (SSSR count). The van der Waals surface area contributed by atoms with Crippen LogP contribution < -0.4 is 4.74 Å². The molecule has 1 N–H and O–H groups in total. The molecular formula is C29H41NO3. The van der Waals surface area contributed by atoms with Crippen LogP contribution in [0.3, 0.4) is 0 Å². The number of carbonyl (C=O) groups is 1. The van der Waals surface area contributed by atoms with Gasteiger partial charge >= 0.3 is 0 Å². The number of likely N-dealkylation sites (tertiary alicyclic amines) is 1. The molecule has 0 aliphatic carbocycles. The Balaban J connectivity index is 1.13. The molecule has 0 unspecified atom stereocenters. The summed E-state index contributed by atoms with van der Waals surface area (Å²) in [5.74, 6) is 1.24. The lowest BCUT2D eigenvalue weighted by Crippen LogP contribution is -2.33. The van der Waals surface area contributed by atoms with Gasteiger partial charge in [-0.15, -0.1) is 0 Å². The number of ketones is 1. The Kier molecular flexibility index (Phi) is 10.8. The second-order valence-corrected chi connectivity index (χ2v) is 9.44. The Bertz CT molecular complexity index is 828. The summed E-state index contributed by atoms with van der Waals surface area (Å²) < 4.78 is 5.69. The number of ether oxygens (including phenoxy) is 1. The summed E-state index contributed by atoms with van der Waals surface area (Å²) in [6, 6.07) is 15.9. The Labute approximate surface area is 200 Å². The van der Waals surface area contributed by atoms with Crippen molar-refractivity contribution in [3.63, 3.8) is 0 Å². The van der Waals surface area contributed by atoms with E-state index < -0.39 is 0 Å². The standard InChI is InChI=1S/C29H41NO3/c1-24(31)28-16-15-27(23-29(28)32)33-22-12-7-5-3-2-4-6-11-19-30-20-17-26(18-21-30)25-13-9-8-10-14-25/h8-10,13-16,23,26,32H,2-7,11-12,17-22H2,1H3. The summed E-state index contributed by atoms with van der Waals surface area (Å²) >= 11 is 0. The average molecular weight is 452 g/mol. The zero-order valence-corrected chi connectivity index (χ0v) is 20.3. The van der Waals surface area contributed by atoms with Crippen molar-refractivity contribution >= 4 is 5.78 Å². The number of nitrogens with zero attached hydrogens (tertiary/aromatic N) is 1. The minimum absolute atomic E-state index is 0.00309. The molecule has 0 aromatic heterocycles. The van der Waals surface area contributed by atoms with E-state index >= 15 is 0 Å². The van der Waals surface area contributed by atoms with Crippen LogP contribution in [0, 0.1) is 0 Å². The van der Waals surface area contributed by atoms with Gasteiger partial charge in [-0.05, 0) is 75.9 Å². The normalized spacial score (nSPS) is 14.9. The highest BCUT2D eigenvalue weighted by atomic mass is 16.5. The number of hydrogen-bond donors (Lipinski definition) is 1. The molecule has 180 valence electrons. The molecule has 1 saturated heterocycles. The van der Waals surface area contributed by atoms with Gasteiger partial charge < -0.3 is 14.7 Å². The third kappa shape index (κ3) is 8.85. The quantitative estimate of drug-likeness (QED) is 0.249. The number of aromatic hydroxyl groups is 1. The first-order valence-corrected chi connectivity index (χ1v) is 12.9. The molecule has 2 aromatic rings. The lowest BCUT2D eigenvalue weighted by Gasteiger charge is -2.32. The molecule has 1 heterocycles. The van der Waals surface area contributed by atoms with E-state index in [1.807, 2.05) is 0 Å². The Hall–Kier alpha value is -2.33. The van der Waals surface area contributed by atoms with Gasteiger partial charge in [0.2, 0.25) is 0 Å². The number of unbranched alkanes of at least 4 members (excludes halogenated alkanes) is 7. The van der Waals surface area contributed by atoms with E-state index in [2.05, 4.69) is 35.2 Å². The molecule has 0 radical (unpaired) electrons. The number of rotatable bonds is 14. The second kappa shape index (κ2) is 14.0. The number of phenols is 1. The monoisotopic (exact) mass is 451 g/mol. The number of benzene rings is 2. The Morgan fingerprint density at radius 3 is 2.18 bits per heavy atom. The Morgan fingerprint density at radius 2 is 1.55 bits per heavy atom. The predicted octanol–water partition coefficient (Wildman–Crippen LogP) is 6.97. The van der Waals surface area contributed by atoms with Gasteiger partial charge in [0, 0.05) is 6.07 Å². The number of Topliss-reactive ketones (excluding diaryl/α,β-unsaturated/α-hetero) is 1. The third-order valence-corrected chi connectivity index (χ3v) is 6.84. The van der Waals surface area contributed by atoms with E-state index in [4.69, 9.17) is 4.74 Å². The van der Waals surface area contributed by atoms with Crippen molar-refractivity contribution in [2.45, 2.75) is 77.0 Å². The minimum Gasteiger partial charge on any atom is -0.507 e. The highest BCUT2D eigenvalue weighted by Gasteiger charge is 2.19. The molecule has 0 saturated carbocycles. The van der Waals surface area contributed by atoms with Crippen LogP contribution in [0.15, 0.2) is 48.5 Å². The van der Waals surface area contributed by atoms with E-state index in [0.29, 0.717) is 17.9 Å². The number of carbonyl (C=O) groups excluding carboxylic acids is 1. The van der Waals surface area contributed by atoms with Crippen molar-refractivity contribution in [2.75, 3.05) is 26.2 Å². The van der Waals surface area contributed by atoms with E-state index in [9.17, 15) is 9.90 Å². The molecule has 2 aromatic carbocycles. The topological polar surface area (TPSA) is 49.8 Å². The van der Waals surface area contributed by atoms with Crippen molar-refractivity contribution in [3.8, 4) is 11.5 Å². The summed E-state index contributed by atoms with van der Waals surface area (Å²) in [6.07, 6.45) is 12.7. The summed E-state index contributed by atoms with van der Waals surface area (Å²) in [7, 11) is 0. The van der Waals surface area contributed by atoms with Crippen LogP contribution in [0.1, 0.15) is 93.0 Å². The van der Waals surface area contributed by atoms with Crippen LogP contribution >= 0.6 is 0 Å². The van der Waals surface area contributed by atoms with E-state index in [1.54, 1.807) is 12.1 Å². The summed E-state index contributed by atoms with van der Waals surface area (Å²) in [6.45, 7) is 5.87. The molecule has 1 aliphatic heterocycles. The van der Waals surface area contributed by atoms with Crippen LogP contribution in [0.25, 0.3) is 0 Å². The molecule has 0 atom stereocenters. The summed E-state index contributed by atoms with van der Waals surface area (Å²) in [4.78, 5) is 14.0. The average Bonchev–Trinajstić information content (AvgIpc) is 2.83. The first kappa shape index (κ1) is 25.3. The third-order valence-electron chi connectivity index (χ3n) is 6.84. The van der Waals surface area contributed by atoms with Crippen molar-refractivity contribution in [1.82, 2.24) is 4.90 Å². The van der Waals surface area contributed by atoms with E-state index in [1.165, 1.54) is 96.0 Å². The van der Waals surface area contributed by atoms with Crippen LogP contribution in [-0.2, 0) is 0 Å².